The Hall–Kier alpha value is -4.18. The molecule has 8 rings (SSSR count). The summed E-state index contributed by atoms with van der Waals surface area (Å²) in [5, 5.41) is 5.14. The molecule has 5 fully saturated rings. The molecule has 1 aromatic heterocycles. The minimum absolute atomic E-state index is 0.215. The van der Waals surface area contributed by atoms with Gasteiger partial charge in [-0.05, 0) is 49.9 Å². The van der Waals surface area contributed by atoms with Crippen LogP contribution in [0.15, 0.2) is 60.9 Å². The van der Waals surface area contributed by atoms with Crippen LogP contribution in [0.3, 0.4) is 0 Å². The number of hydrogen-bond acceptors (Lipinski definition) is 10. The third kappa shape index (κ3) is 9.19. The van der Waals surface area contributed by atoms with E-state index in [1.54, 1.807) is 31.4 Å². The second-order valence-electron chi connectivity index (χ2n) is 13.4. The van der Waals surface area contributed by atoms with Gasteiger partial charge in [0.25, 0.3) is 20.4 Å². The van der Waals surface area contributed by atoms with E-state index in [2.05, 4.69) is 15.6 Å². The minimum Gasteiger partial charge on any atom is -0.488 e. The predicted octanol–water partition coefficient (Wildman–Crippen LogP) is 3.09. The number of amides is 2. The first-order valence-electron chi connectivity index (χ1n) is 17.4. The first-order chi connectivity index (χ1) is 25.7. The lowest BCUT2D eigenvalue weighted by atomic mass is 10.1. The van der Waals surface area contributed by atoms with Crippen LogP contribution in [0.1, 0.15) is 25.7 Å². The number of halogens is 2. The van der Waals surface area contributed by atoms with Gasteiger partial charge in [-0.1, -0.05) is 0 Å². The maximum absolute atomic E-state index is 14.1. The second kappa shape index (κ2) is 16.7. The van der Waals surface area contributed by atoms with Gasteiger partial charge in [-0.25, -0.2) is 13.6 Å². The highest BCUT2D eigenvalue weighted by Crippen LogP contribution is 2.35. The van der Waals surface area contributed by atoms with Crippen LogP contribution in [0, 0.1) is 11.6 Å². The lowest BCUT2D eigenvalue weighted by Gasteiger charge is -2.20. The molecule has 16 nitrogen and oxygen atoms in total. The van der Waals surface area contributed by atoms with Gasteiger partial charge in [0.1, 0.15) is 35.3 Å². The lowest BCUT2D eigenvalue weighted by Crippen LogP contribution is -2.36. The Labute approximate surface area is 313 Å². The molecule has 0 unspecified atom stereocenters. The number of benzene rings is 2. The highest BCUT2D eigenvalue weighted by Gasteiger charge is 2.51. The summed E-state index contributed by atoms with van der Waals surface area (Å²) in [6.07, 6.45) is 6.05. The fourth-order valence-electron chi connectivity index (χ4n) is 6.88. The summed E-state index contributed by atoms with van der Waals surface area (Å²) >= 11 is 0. The molecule has 5 aliphatic heterocycles. The summed E-state index contributed by atoms with van der Waals surface area (Å²) in [4.78, 5) is 16.0. The molecule has 54 heavy (non-hydrogen) atoms. The van der Waals surface area contributed by atoms with Gasteiger partial charge in [0, 0.05) is 95.3 Å². The molecule has 0 saturated carbocycles. The number of nitrogens with two attached hydrogens (primary N) is 1. The Balaban J connectivity index is 0.000000171. The van der Waals surface area contributed by atoms with Crippen molar-refractivity contribution >= 4 is 43.5 Å². The highest BCUT2D eigenvalue weighted by molar-refractivity contribution is 7.87. The predicted molar refractivity (Wildman–Crippen MR) is 196 cm³/mol. The van der Waals surface area contributed by atoms with E-state index in [-0.39, 0.29) is 35.3 Å². The maximum atomic E-state index is 14.1. The number of aromatic nitrogens is 1. The highest BCUT2D eigenvalue weighted by atomic mass is 32.2. The van der Waals surface area contributed by atoms with Gasteiger partial charge >= 0.3 is 6.03 Å². The van der Waals surface area contributed by atoms with Gasteiger partial charge in [0.2, 0.25) is 0 Å². The van der Waals surface area contributed by atoms with Crippen LogP contribution in [0.2, 0.25) is 0 Å². The standard InChI is InChI=1S/C18H20FN5O4S.C12H16FN3O3S.C4H8O/c1-23-11-16-17(4-6-24(16)29(23,26)27)28-15-8-12(19)7-14(9-15)22-18(25)21-13-3-2-5-20-10-13;1-15-7-11-12(2-3-16(11)20(15,17)18)19-10-5-8(13)4-9(14)6-10;1-2-4-5-3-1/h2-3,5,7-10,16-17H,4,6,11H2,1H3,(H2,21,22,25);4-6,11-12H,2-3,7,14H2,1H3;1-4H2/t16-,17+;11-,12+;/m11./s1. The Morgan fingerprint density at radius 3 is 1.85 bits per heavy atom. The number of fused-ring (bicyclic) bond motifs is 2. The Morgan fingerprint density at radius 1 is 0.815 bits per heavy atom. The molecule has 2 aromatic carbocycles. The normalized spacial score (nSPS) is 25.8. The third-order valence-electron chi connectivity index (χ3n) is 9.48. The number of nitrogens with zero attached hydrogens (tertiary/aromatic N) is 5. The number of anilines is 3. The van der Waals surface area contributed by atoms with Crippen molar-refractivity contribution < 1.29 is 44.6 Å². The van der Waals surface area contributed by atoms with Gasteiger partial charge in [0.05, 0.1) is 24.0 Å². The second-order valence-corrected chi connectivity index (χ2v) is 17.3. The van der Waals surface area contributed by atoms with E-state index in [9.17, 15) is 30.4 Å². The number of nitrogens with one attached hydrogen (secondary N) is 2. The molecule has 0 bridgehead atoms. The molecule has 4 N–H and O–H groups in total. The quantitative estimate of drug-likeness (QED) is 0.313. The van der Waals surface area contributed by atoms with E-state index in [0.717, 1.165) is 13.2 Å². The van der Waals surface area contributed by atoms with E-state index >= 15 is 0 Å². The third-order valence-corrected chi connectivity index (χ3v) is 13.4. The zero-order chi connectivity index (χ0) is 38.6. The summed E-state index contributed by atoms with van der Waals surface area (Å²) in [6, 6.07) is 10.1. The number of carbonyl (C=O) groups excluding carboxylic acids is 1. The van der Waals surface area contributed by atoms with Gasteiger partial charge in [-0.3, -0.25) is 4.98 Å². The van der Waals surface area contributed by atoms with Crippen molar-refractivity contribution in [1.29, 1.82) is 0 Å². The molecular weight excluding hydrogens is 751 g/mol. The number of urea groups is 1. The van der Waals surface area contributed by atoms with Crippen LogP contribution in [0.25, 0.3) is 0 Å². The molecule has 0 aliphatic carbocycles. The largest absolute Gasteiger partial charge is 0.488 e. The van der Waals surface area contributed by atoms with E-state index < -0.39 is 44.2 Å². The molecule has 2 amide bonds. The molecule has 6 heterocycles. The molecule has 20 heteroatoms. The number of carbonyl (C=O) groups is 1. The van der Waals surface area contributed by atoms with Gasteiger partial charge in [-0.15, -0.1) is 0 Å². The van der Waals surface area contributed by atoms with Crippen LogP contribution in [-0.4, -0.2) is 123 Å². The smallest absolute Gasteiger partial charge is 0.323 e. The van der Waals surface area contributed by atoms with Crippen molar-refractivity contribution in [3.05, 3.63) is 72.6 Å². The van der Waals surface area contributed by atoms with Crippen LogP contribution in [0.5, 0.6) is 11.5 Å². The van der Waals surface area contributed by atoms with E-state index in [1.807, 2.05) is 0 Å². The summed E-state index contributed by atoms with van der Waals surface area (Å²) in [5.74, 6) is -0.488. The fourth-order valence-corrected chi connectivity index (χ4v) is 10.0. The number of nitrogen functional groups attached to an aromatic ring is 1. The Kier molecular flexibility index (Phi) is 12.2. The van der Waals surface area contributed by atoms with E-state index in [4.69, 9.17) is 19.9 Å². The van der Waals surface area contributed by atoms with Crippen molar-refractivity contribution in [1.82, 2.24) is 22.2 Å². The zero-order valence-electron chi connectivity index (χ0n) is 29.8. The summed E-state index contributed by atoms with van der Waals surface area (Å²) in [5.41, 5.74) is 6.57. The SMILES string of the molecule is C1CCOC1.CN1C[C@@H]2[C@@H](Oc3cc(F)cc(NC(=O)Nc4cccnc4)c3)CCN2S1(=O)=O.CN1C[C@@H]2[C@@H](Oc3cc(N)cc(F)c3)CCN2S1(=O)=O. The van der Waals surface area contributed by atoms with Crippen molar-refractivity contribution in [3.63, 3.8) is 0 Å². The van der Waals surface area contributed by atoms with Crippen molar-refractivity contribution in [2.75, 3.05) is 69.9 Å². The molecule has 4 atom stereocenters. The summed E-state index contributed by atoms with van der Waals surface area (Å²) in [7, 11) is -3.73. The topological polar surface area (TPSA) is 189 Å². The van der Waals surface area contributed by atoms with Crippen LogP contribution in [-0.2, 0) is 25.2 Å². The molecule has 5 saturated heterocycles. The first-order valence-corrected chi connectivity index (χ1v) is 20.2. The zero-order valence-corrected chi connectivity index (χ0v) is 31.4. The number of pyridine rings is 1. The summed E-state index contributed by atoms with van der Waals surface area (Å²) in [6.45, 7) is 3.49. The number of likely N-dealkylation sites (N-methyl/N-ethyl adjacent to an activating group) is 2. The maximum Gasteiger partial charge on any atom is 0.323 e. The molecule has 0 spiro atoms. The average molecular weight is 795 g/mol. The molecule has 3 aromatic rings. The minimum atomic E-state index is -3.45. The molecule has 294 valence electrons. The van der Waals surface area contributed by atoms with Crippen molar-refractivity contribution in [2.24, 2.45) is 0 Å². The number of hydrogen-bond donors (Lipinski definition) is 3. The lowest BCUT2D eigenvalue weighted by molar-refractivity contribution is 0.169. The molecule has 5 aliphatic rings. The average Bonchev–Trinajstić information content (AvgIpc) is 3.93. The van der Waals surface area contributed by atoms with Gasteiger partial charge < -0.3 is 30.6 Å². The number of rotatable bonds is 6. The Bertz CT molecular complexity index is 1990. The van der Waals surface area contributed by atoms with Crippen LogP contribution in [0.4, 0.5) is 30.6 Å². The van der Waals surface area contributed by atoms with Crippen molar-refractivity contribution in [3.8, 4) is 11.5 Å². The summed E-state index contributed by atoms with van der Waals surface area (Å²) < 4.78 is 97.8. The number of ether oxygens (including phenoxy) is 3. The fraction of sp³-hybridized carbons (Fsp3) is 0.471. The van der Waals surface area contributed by atoms with Gasteiger partial charge in [0.15, 0.2) is 0 Å². The van der Waals surface area contributed by atoms with Crippen molar-refractivity contribution in [2.45, 2.75) is 50.0 Å². The monoisotopic (exact) mass is 794 g/mol. The molecular formula is C34H44F2N8O8S2. The van der Waals surface area contributed by atoms with Crippen LogP contribution < -0.4 is 25.8 Å². The van der Waals surface area contributed by atoms with E-state index in [1.165, 1.54) is 73.6 Å². The molecule has 0 radical (unpaired) electrons. The first kappa shape index (κ1) is 39.5. The van der Waals surface area contributed by atoms with E-state index in [0.29, 0.717) is 50.5 Å². The van der Waals surface area contributed by atoms with Crippen LogP contribution >= 0.6 is 0 Å². The Morgan fingerprint density at radius 2 is 1.35 bits per heavy atom. The van der Waals surface area contributed by atoms with Gasteiger partial charge in [-0.2, -0.15) is 34.1 Å².